The molecular weight excluding hydrogens is 416 g/mol. The molecule has 1 aromatic carbocycles. The lowest BCUT2D eigenvalue weighted by atomic mass is 9.96. The second-order valence-corrected chi connectivity index (χ2v) is 10.4. The largest absolute Gasteiger partial charge is 0.366 e. The maximum absolute atomic E-state index is 11.6. The molecule has 1 amide bonds. The van der Waals surface area contributed by atoms with Crippen molar-refractivity contribution >= 4 is 29.4 Å². The van der Waals surface area contributed by atoms with Crippen LogP contribution in [0.15, 0.2) is 18.2 Å². The Hall–Kier alpha value is -2.94. The maximum atomic E-state index is 11.6. The fraction of sp³-hybridized carbons (Fsp3) is 0.583. The molecule has 33 heavy (non-hydrogen) atoms. The summed E-state index contributed by atoms with van der Waals surface area (Å²) in [6.07, 6.45) is 1.04. The van der Waals surface area contributed by atoms with E-state index in [0.29, 0.717) is 29.5 Å². The Labute approximate surface area is 197 Å². The predicted octanol–water partition coefficient (Wildman–Crippen LogP) is 3.40. The van der Waals surface area contributed by atoms with Gasteiger partial charge in [-0.2, -0.15) is 15.0 Å². The summed E-state index contributed by atoms with van der Waals surface area (Å²) in [5, 5.41) is 6.78. The number of rotatable bonds is 8. The summed E-state index contributed by atoms with van der Waals surface area (Å²) < 4.78 is 0. The minimum atomic E-state index is -0.474. The number of hydrogen-bond acceptors (Lipinski definition) is 8. The zero-order valence-corrected chi connectivity index (χ0v) is 20.9. The van der Waals surface area contributed by atoms with Gasteiger partial charge in [0.15, 0.2) is 0 Å². The Balaban J connectivity index is 1.90. The smallest absolute Gasteiger partial charge is 0.248 e. The predicted molar refractivity (Wildman–Crippen MR) is 134 cm³/mol. The molecule has 1 fully saturated rings. The van der Waals surface area contributed by atoms with Crippen molar-refractivity contribution in [1.82, 2.24) is 19.9 Å². The number of nitrogens with one attached hydrogen (secondary N) is 2. The number of primary amides is 1. The van der Waals surface area contributed by atoms with E-state index in [4.69, 9.17) is 10.7 Å². The van der Waals surface area contributed by atoms with Crippen molar-refractivity contribution in [2.24, 2.45) is 11.1 Å². The lowest BCUT2D eigenvalue weighted by Gasteiger charge is -2.27. The van der Waals surface area contributed by atoms with Gasteiger partial charge < -0.3 is 21.3 Å². The van der Waals surface area contributed by atoms with Gasteiger partial charge in [-0.3, -0.25) is 9.69 Å². The molecule has 0 unspecified atom stereocenters. The second-order valence-electron chi connectivity index (χ2n) is 10.4. The van der Waals surface area contributed by atoms with Crippen LogP contribution in [0.4, 0.5) is 23.5 Å². The summed E-state index contributed by atoms with van der Waals surface area (Å²) >= 11 is 0. The third-order valence-corrected chi connectivity index (χ3v) is 5.73. The van der Waals surface area contributed by atoms with Crippen molar-refractivity contribution in [2.75, 3.05) is 42.2 Å². The van der Waals surface area contributed by atoms with Crippen LogP contribution in [0, 0.1) is 12.3 Å². The molecule has 0 radical (unpaired) electrons. The van der Waals surface area contributed by atoms with E-state index in [9.17, 15) is 4.79 Å². The standard InChI is InChI=1S/C24H38N8O/c1-15(2)32-11-10-18(13-32)26-21-28-22(30-23(29-21)31(7)14-24(4,5)6)27-19-12-17(20(25)33)9-8-16(19)3/h8-9,12,15,18H,10-11,13-14H2,1-7H3,(H2,25,33)(H2,26,27,28,29,30)/t18-/m1/s1. The fourth-order valence-corrected chi connectivity index (χ4v) is 4.03. The normalized spacial score (nSPS) is 16.8. The van der Waals surface area contributed by atoms with Crippen molar-refractivity contribution in [3.8, 4) is 0 Å². The molecule has 2 heterocycles. The third kappa shape index (κ3) is 6.77. The maximum Gasteiger partial charge on any atom is 0.248 e. The number of carbonyl (C=O) groups excluding carboxylic acids is 1. The fourth-order valence-electron chi connectivity index (χ4n) is 4.03. The van der Waals surface area contributed by atoms with E-state index in [-0.39, 0.29) is 11.5 Å². The van der Waals surface area contributed by atoms with Gasteiger partial charge in [-0.25, -0.2) is 0 Å². The van der Waals surface area contributed by atoms with Crippen LogP contribution in [0.3, 0.4) is 0 Å². The monoisotopic (exact) mass is 454 g/mol. The molecule has 2 aromatic rings. The zero-order valence-electron chi connectivity index (χ0n) is 20.9. The molecule has 1 aliphatic rings. The molecule has 0 saturated carbocycles. The van der Waals surface area contributed by atoms with Gasteiger partial charge in [0.25, 0.3) is 0 Å². The highest BCUT2D eigenvalue weighted by Crippen LogP contribution is 2.24. The van der Waals surface area contributed by atoms with Crippen LogP contribution in [0.25, 0.3) is 0 Å². The molecule has 0 spiro atoms. The minimum absolute atomic E-state index is 0.0815. The van der Waals surface area contributed by atoms with Crippen LogP contribution in [0.2, 0.25) is 0 Å². The van der Waals surface area contributed by atoms with Crippen molar-refractivity contribution in [3.63, 3.8) is 0 Å². The van der Waals surface area contributed by atoms with Crippen molar-refractivity contribution < 1.29 is 4.79 Å². The van der Waals surface area contributed by atoms with Gasteiger partial charge in [-0.15, -0.1) is 0 Å². The van der Waals surface area contributed by atoms with E-state index in [1.54, 1.807) is 12.1 Å². The first-order chi connectivity index (χ1) is 15.4. The van der Waals surface area contributed by atoms with Crippen molar-refractivity contribution in [2.45, 2.75) is 60.0 Å². The first-order valence-corrected chi connectivity index (χ1v) is 11.6. The molecule has 0 aliphatic carbocycles. The second kappa shape index (κ2) is 9.91. The van der Waals surface area contributed by atoms with Gasteiger partial charge in [0, 0.05) is 50.0 Å². The Kier molecular flexibility index (Phi) is 7.41. The zero-order chi connectivity index (χ0) is 24.3. The van der Waals surface area contributed by atoms with Gasteiger partial charge in [0.1, 0.15) is 0 Å². The number of anilines is 4. The van der Waals surface area contributed by atoms with Crippen LogP contribution >= 0.6 is 0 Å². The quantitative estimate of drug-likeness (QED) is 0.556. The number of likely N-dealkylation sites (tertiary alicyclic amines) is 1. The third-order valence-electron chi connectivity index (χ3n) is 5.73. The molecule has 0 bridgehead atoms. The number of benzene rings is 1. The summed E-state index contributed by atoms with van der Waals surface area (Å²) in [6.45, 7) is 15.7. The molecule has 180 valence electrons. The average molecular weight is 455 g/mol. The molecule has 4 N–H and O–H groups in total. The highest BCUT2D eigenvalue weighted by atomic mass is 16.1. The number of carbonyl (C=O) groups is 1. The minimum Gasteiger partial charge on any atom is -0.366 e. The molecule has 9 nitrogen and oxygen atoms in total. The van der Waals surface area contributed by atoms with Crippen molar-refractivity contribution in [3.05, 3.63) is 29.3 Å². The molecular formula is C24H38N8O. The SMILES string of the molecule is Cc1ccc(C(N)=O)cc1Nc1nc(N[C@@H]2CCN(C(C)C)C2)nc(N(C)CC(C)(C)C)n1. The first kappa shape index (κ1) is 24.7. The summed E-state index contributed by atoms with van der Waals surface area (Å²) in [7, 11) is 1.99. The molecule has 1 aromatic heterocycles. The van der Waals surface area contributed by atoms with Crippen LogP contribution in [-0.2, 0) is 0 Å². The Bertz CT molecular complexity index is 985. The summed E-state index contributed by atoms with van der Waals surface area (Å²) in [5.74, 6) is 1.08. The Morgan fingerprint density at radius 1 is 1.24 bits per heavy atom. The van der Waals surface area contributed by atoms with E-state index < -0.39 is 5.91 Å². The number of aromatic nitrogens is 3. The van der Waals surface area contributed by atoms with E-state index >= 15 is 0 Å². The van der Waals surface area contributed by atoms with Crippen LogP contribution < -0.4 is 21.3 Å². The summed E-state index contributed by atoms with van der Waals surface area (Å²) in [4.78, 5) is 30.2. The van der Waals surface area contributed by atoms with Gasteiger partial charge >= 0.3 is 0 Å². The molecule has 9 heteroatoms. The summed E-state index contributed by atoms with van der Waals surface area (Å²) in [5.41, 5.74) is 7.68. The summed E-state index contributed by atoms with van der Waals surface area (Å²) in [6, 6.07) is 6.09. The highest BCUT2D eigenvalue weighted by molar-refractivity contribution is 5.94. The van der Waals surface area contributed by atoms with Gasteiger partial charge in [-0.1, -0.05) is 26.8 Å². The molecule has 3 rings (SSSR count). The number of amides is 1. The van der Waals surface area contributed by atoms with Crippen LogP contribution in [-0.4, -0.2) is 64.5 Å². The van der Waals surface area contributed by atoms with E-state index in [1.165, 1.54) is 0 Å². The number of aryl methyl sites for hydroxylation is 1. The van der Waals surface area contributed by atoms with E-state index in [1.807, 2.05) is 24.9 Å². The number of nitrogens with two attached hydrogens (primary N) is 1. The van der Waals surface area contributed by atoms with Gasteiger partial charge in [0.2, 0.25) is 23.8 Å². The van der Waals surface area contributed by atoms with Gasteiger partial charge in [-0.05, 0) is 50.3 Å². The highest BCUT2D eigenvalue weighted by Gasteiger charge is 2.25. The molecule has 1 aliphatic heterocycles. The lowest BCUT2D eigenvalue weighted by Crippen LogP contribution is -2.32. The van der Waals surface area contributed by atoms with Crippen LogP contribution in [0.1, 0.15) is 57.0 Å². The first-order valence-electron chi connectivity index (χ1n) is 11.6. The van der Waals surface area contributed by atoms with E-state index in [2.05, 4.69) is 60.1 Å². The Morgan fingerprint density at radius 2 is 1.94 bits per heavy atom. The number of hydrogen-bond donors (Lipinski definition) is 3. The average Bonchev–Trinajstić information content (AvgIpc) is 3.17. The Morgan fingerprint density at radius 3 is 2.55 bits per heavy atom. The van der Waals surface area contributed by atoms with Crippen LogP contribution in [0.5, 0.6) is 0 Å². The molecule has 1 atom stereocenters. The van der Waals surface area contributed by atoms with E-state index in [0.717, 1.165) is 37.3 Å². The van der Waals surface area contributed by atoms with Crippen molar-refractivity contribution in [1.29, 1.82) is 0 Å². The lowest BCUT2D eigenvalue weighted by molar-refractivity contribution is 0.100. The van der Waals surface area contributed by atoms with Gasteiger partial charge in [0.05, 0.1) is 0 Å². The topological polar surface area (TPSA) is 112 Å². The number of nitrogens with zero attached hydrogens (tertiary/aromatic N) is 5. The molecule has 1 saturated heterocycles.